The minimum absolute atomic E-state index is 0.0204. The fraction of sp³-hybridized carbons (Fsp3) is 0.263. The van der Waals surface area contributed by atoms with Crippen LogP contribution in [0, 0.1) is 0 Å². The second kappa shape index (κ2) is 8.40. The zero-order chi connectivity index (χ0) is 21.2. The molecule has 0 aliphatic carbocycles. The van der Waals surface area contributed by atoms with Crippen LogP contribution in [-0.2, 0) is 24.3 Å². The quantitative estimate of drug-likeness (QED) is 0.662. The van der Waals surface area contributed by atoms with E-state index in [1.54, 1.807) is 24.3 Å². The fourth-order valence-electron chi connectivity index (χ4n) is 2.87. The van der Waals surface area contributed by atoms with Gasteiger partial charge in [0.05, 0.1) is 30.8 Å². The van der Waals surface area contributed by atoms with Crippen LogP contribution in [0.1, 0.15) is 0 Å². The number of hydrogen-bond acceptors (Lipinski definition) is 6. The maximum Gasteiger partial charge on any atom is 0.348 e. The Balaban J connectivity index is 1.83. The number of sulfonamides is 1. The van der Waals surface area contributed by atoms with Crippen LogP contribution in [0.3, 0.4) is 0 Å². The number of fused-ring (bicyclic) bond motifs is 1. The Morgan fingerprint density at radius 2 is 1.86 bits per heavy atom. The Bertz CT molecular complexity index is 1030. The molecular formula is C19H19ClN2O6S. The Morgan fingerprint density at radius 1 is 1.21 bits per heavy atom. The molecule has 0 aromatic heterocycles. The SMILES string of the molecule is COC(=O)C1CN(C(=O)CN(C)S(=O)(=O)c2ccc(Cl)cc2)c2ccccc2O1. The summed E-state index contributed by atoms with van der Waals surface area (Å²) in [6, 6.07) is 12.4. The highest BCUT2D eigenvalue weighted by atomic mass is 35.5. The number of likely N-dealkylation sites (N-methyl/N-ethyl adjacent to an activating group) is 1. The summed E-state index contributed by atoms with van der Waals surface area (Å²) in [6.07, 6.45) is -1.00. The van der Waals surface area contributed by atoms with Gasteiger partial charge in [-0.25, -0.2) is 13.2 Å². The third-order valence-corrected chi connectivity index (χ3v) is 6.49. The van der Waals surface area contributed by atoms with Crippen molar-refractivity contribution in [2.24, 2.45) is 0 Å². The van der Waals surface area contributed by atoms with E-state index < -0.39 is 34.5 Å². The van der Waals surface area contributed by atoms with E-state index in [0.717, 1.165) is 4.31 Å². The predicted octanol–water partition coefficient (Wildman–Crippen LogP) is 1.93. The van der Waals surface area contributed by atoms with Crippen molar-refractivity contribution in [2.45, 2.75) is 11.0 Å². The van der Waals surface area contributed by atoms with E-state index in [-0.39, 0.29) is 11.4 Å². The van der Waals surface area contributed by atoms with E-state index in [2.05, 4.69) is 0 Å². The molecule has 1 aliphatic heterocycles. The van der Waals surface area contributed by atoms with Gasteiger partial charge in [-0.2, -0.15) is 4.31 Å². The second-order valence-electron chi connectivity index (χ2n) is 6.32. The minimum Gasteiger partial charge on any atom is -0.475 e. The van der Waals surface area contributed by atoms with Crippen LogP contribution in [0.4, 0.5) is 5.69 Å². The van der Waals surface area contributed by atoms with Crippen LogP contribution in [0.25, 0.3) is 0 Å². The molecule has 1 aliphatic rings. The van der Waals surface area contributed by atoms with Crippen LogP contribution < -0.4 is 9.64 Å². The molecule has 1 unspecified atom stereocenters. The summed E-state index contributed by atoms with van der Waals surface area (Å²) in [6.45, 7) is -0.509. The van der Waals surface area contributed by atoms with Gasteiger partial charge in [0.15, 0.2) is 0 Å². The highest BCUT2D eigenvalue weighted by molar-refractivity contribution is 7.89. The van der Waals surface area contributed by atoms with Crippen molar-refractivity contribution in [3.63, 3.8) is 0 Å². The number of methoxy groups -OCH3 is 1. The lowest BCUT2D eigenvalue weighted by molar-refractivity contribution is -0.148. The van der Waals surface area contributed by atoms with Crippen LogP contribution in [-0.4, -0.2) is 58.0 Å². The monoisotopic (exact) mass is 438 g/mol. The van der Waals surface area contributed by atoms with E-state index in [0.29, 0.717) is 16.5 Å². The maximum atomic E-state index is 13.0. The van der Waals surface area contributed by atoms with Crippen molar-refractivity contribution in [1.29, 1.82) is 0 Å². The number of rotatable bonds is 5. The molecule has 0 saturated heterocycles. The van der Waals surface area contributed by atoms with E-state index in [1.807, 2.05) is 0 Å². The highest BCUT2D eigenvalue weighted by Crippen LogP contribution is 2.33. The molecule has 1 atom stereocenters. The van der Waals surface area contributed by atoms with Crippen LogP contribution >= 0.6 is 11.6 Å². The molecule has 2 aromatic rings. The van der Waals surface area contributed by atoms with Crippen molar-refractivity contribution < 1.29 is 27.5 Å². The zero-order valence-electron chi connectivity index (χ0n) is 15.7. The average Bonchev–Trinajstić information content (AvgIpc) is 2.72. The number of nitrogens with zero attached hydrogens (tertiary/aromatic N) is 2. The number of carbonyl (C=O) groups excluding carboxylic acids is 2. The smallest absolute Gasteiger partial charge is 0.348 e. The number of para-hydroxylation sites is 2. The van der Waals surface area contributed by atoms with Gasteiger partial charge >= 0.3 is 5.97 Å². The number of ether oxygens (including phenoxy) is 2. The van der Waals surface area contributed by atoms with Crippen molar-refractivity contribution in [2.75, 3.05) is 32.1 Å². The lowest BCUT2D eigenvalue weighted by Crippen LogP contribution is -2.50. The summed E-state index contributed by atoms with van der Waals surface area (Å²) in [5, 5.41) is 0.404. The lowest BCUT2D eigenvalue weighted by Gasteiger charge is -2.34. The van der Waals surface area contributed by atoms with Gasteiger partial charge in [0.25, 0.3) is 0 Å². The summed E-state index contributed by atoms with van der Waals surface area (Å²) in [4.78, 5) is 26.2. The first-order chi connectivity index (χ1) is 13.7. The van der Waals surface area contributed by atoms with Crippen molar-refractivity contribution in [3.8, 4) is 5.75 Å². The van der Waals surface area contributed by atoms with Gasteiger partial charge in [-0.15, -0.1) is 0 Å². The minimum atomic E-state index is -3.90. The summed E-state index contributed by atoms with van der Waals surface area (Å²) < 4.78 is 36.7. The molecule has 1 amide bonds. The van der Waals surface area contributed by atoms with Crippen LogP contribution in [0.2, 0.25) is 5.02 Å². The van der Waals surface area contributed by atoms with Crippen LogP contribution in [0.15, 0.2) is 53.4 Å². The first kappa shape index (κ1) is 21.1. The van der Waals surface area contributed by atoms with Gasteiger partial charge in [0.2, 0.25) is 22.0 Å². The molecule has 154 valence electrons. The molecule has 8 nitrogen and oxygen atoms in total. The standard InChI is InChI=1S/C19H19ClN2O6S/c1-21(29(25,26)14-9-7-13(20)8-10-14)12-18(23)22-11-17(19(24)27-2)28-16-6-4-3-5-15(16)22/h3-10,17H,11-12H2,1-2H3. The molecule has 0 spiro atoms. The van der Waals surface area contributed by atoms with Gasteiger partial charge in [-0.05, 0) is 36.4 Å². The molecule has 0 fully saturated rings. The molecular weight excluding hydrogens is 420 g/mol. The van der Waals surface area contributed by atoms with E-state index in [9.17, 15) is 18.0 Å². The Hall–Kier alpha value is -2.62. The number of esters is 1. The lowest BCUT2D eigenvalue weighted by atomic mass is 10.2. The van der Waals surface area contributed by atoms with Crippen molar-refractivity contribution in [1.82, 2.24) is 4.31 Å². The molecule has 3 rings (SSSR count). The highest BCUT2D eigenvalue weighted by Gasteiger charge is 2.35. The normalized spacial score (nSPS) is 16.1. The number of anilines is 1. The number of carbonyl (C=O) groups is 2. The van der Waals surface area contributed by atoms with Crippen molar-refractivity contribution in [3.05, 3.63) is 53.6 Å². The van der Waals surface area contributed by atoms with Gasteiger partial charge in [-0.3, -0.25) is 4.79 Å². The summed E-state index contributed by atoms with van der Waals surface area (Å²) in [5.41, 5.74) is 0.454. The largest absolute Gasteiger partial charge is 0.475 e. The maximum absolute atomic E-state index is 13.0. The first-order valence-electron chi connectivity index (χ1n) is 8.60. The Morgan fingerprint density at radius 3 is 2.52 bits per heavy atom. The summed E-state index contributed by atoms with van der Waals surface area (Å²) in [5.74, 6) is -0.792. The summed E-state index contributed by atoms with van der Waals surface area (Å²) in [7, 11) is -1.36. The Labute approximate surface area is 173 Å². The fourth-order valence-corrected chi connectivity index (χ4v) is 4.12. The van der Waals surface area contributed by atoms with E-state index in [4.69, 9.17) is 21.1 Å². The molecule has 0 radical (unpaired) electrons. The molecule has 29 heavy (non-hydrogen) atoms. The molecule has 1 heterocycles. The van der Waals surface area contributed by atoms with Crippen molar-refractivity contribution >= 4 is 39.2 Å². The number of amides is 1. The number of halogens is 1. The summed E-state index contributed by atoms with van der Waals surface area (Å²) >= 11 is 5.81. The van der Waals surface area contributed by atoms with E-state index in [1.165, 1.54) is 43.3 Å². The third-order valence-electron chi connectivity index (χ3n) is 4.42. The van der Waals surface area contributed by atoms with Crippen LogP contribution in [0.5, 0.6) is 5.75 Å². The number of benzene rings is 2. The van der Waals surface area contributed by atoms with E-state index >= 15 is 0 Å². The van der Waals surface area contributed by atoms with Gasteiger partial charge in [0.1, 0.15) is 5.75 Å². The molecule has 0 bridgehead atoms. The average molecular weight is 439 g/mol. The van der Waals surface area contributed by atoms with Gasteiger partial charge in [0, 0.05) is 12.1 Å². The topological polar surface area (TPSA) is 93.2 Å². The zero-order valence-corrected chi connectivity index (χ0v) is 17.3. The van der Waals surface area contributed by atoms with Gasteiger partial charge in [-0.1, -0.05) is 23.7 Å². The number of hydrogen-bond donors (Lipinski definition) is 0. The Kier molecular flexibility index (Phi) is 6.11. The van der Waals surface area contributed by atoms with Gasteiger partial charge < -0.3 is 14.4 Å². The third kappa shape index (κ3) is 4.36. The molecule has 2 aromatic carbocycles. The predicted molar refractivity (Wildman–Crippen MR) is 106 cm³/mol. The molecule has 0 N–H and O–H groups in total. The molecule has 10 heteroatoms. The second-order valence-corrected chi connectivity index (χ2v) is 8.80. The first-order valence-corrected chi connectivity index (χ1v) is 10.4. The molecule has 0 saturated carbocycles.